The molecule has 5 nitrogen and oxygen atoms in total. The van der Waals surface area contributed by atoms with Crippen LogP contribution in [0.3, 0.4) is 0 Å². The van der Waals surface area contributed by atoms with Gasteiger partial charge in [0.1, 0.15) is 0 Å². The lowest BCUT2D eigenvalue weighted by Crippen LogP contribution is -2.23. The van der Waals surface area contributed by atoms with Crippen molar-refractivity contribution in [3.63, 3.8) is 0 Å². The van der Waals surface area contributed by atoms with Gasteiger partial charge in [-0.05, 0) is 18.1 Å². The molecule has 1 aromatic heterocycles. The van der Waals surface area contributed by atoms with Crippen molar-refractivity contribution in [3.05, 3.63) is 40.7 Å². The second kappa shape index (κ2) is 6.49. The molecule has 1 aliphatic rings. The SMILES string of the molecule is O=C1CCCN1Cc1nnc(SCc2ccccc2Cl)o1. The Bertz CT molecular complexity index is 647. The molecule has 1 saturated heterocycles. The van der Waals surface area contributed by atoms with Crippen LogP contribution in [0, 0.1) is 0 Å². The summed E-state index contributed by atoms with van der Waals surface area (Å²) in [6.07, 6.45) is 1.52. The van der Waals surface area contributed by atoms with E-state index in [2.05, 4.69) is 10.2 Å². The summed E-state index contributed by atoms with van der Waals surface area (Å²) < 4.78 is 5.56. The minimum atomic E-state index is 0.151. The van der Waals surface area contributed by atoms with Crippen LogP contribution in [0.1, 0.15) is 24.3 Å². The van der Waals surface area contributed by atoms with E-state index in [0.29, 0.717) is 29.8 Å². The number of hydrogen-bond donors (Lipinski definition) is 0. The summed E-state index contributed by atoms with van der Waals surface area (Å²) in [7, 11) is 0. The largest absolute Gasteiger partial charge is 0.414 e. The smallest absolute Gasteiger partial charge is 0.276 e. The first-order valence-corrected chi connectivity index (χ1v) is 8.05. The first-order chi connectivity index (χ1) is 10.2. The van der Waals surface area contributed by atoms with Gasteiger partial charge in [-0.2, -0.15) is 0 Å². The van der Waals surface area contributed by atoms with Crippen LogP contribution >= 0.6 is 23.4 Å². The summed E-state index contributed by atoms with van der Waals surface area (Å²) in [4.78, 5) is 13.3. The summed E-state index contributed by atoms with van der Waals surface area (Å²) in [5.41, 5.74) is 1.03. The topological polar surface area (TPSA) is 59.2 Å². The molecule has 0 radical (unpaired) electrons. The van der Waals surface area contributed by atoms with Gasteiger partial charge in [-0.15, -0.1) is 10.2 Å². The van der Waals surface area contributed by atoms with Gasteiger partial charge in [0.05, 0.1) is 6.54 Å². The quantitative estimate of drug-likeness (QED) is 0.791. The van der Waals surface area contributed by atoms with Crippen molar-refractivity contribution in [3.8, 4) is 0 Å². The number of nitrogens with zero attached hydrogens (tertiary/aromatic N) is 3. The average Bonchev–Trinajstić information content (AvgIpc) is 3.09. The van der Waals surface area contributed by atoms with E-state index in [1.54, 1.807) is 4.90 Å². The number of carbonyl (C=O) groups excluding carboxylic acids is 1. The normalized spacial score (nSPS) is 14.9. The lowest BCUT2D eigenvalue weighted by atomic mass is 10.2. The standard InChI is InChI=1S/C14H14ClN3O2S/c15-11-5-2-1-4-10(11)9-21-14-17-16-12(20-14)8-18-7-3-6-13(18)19/h1-2,4-5H,3,6-9H2. The predicted molar refractivity (Wildman–Crippen MR) is 80.0 cm³/mol. The molecule has 1 aromatic carbocycles. The Balaban J connectivity index is 1.58. The Morgan fingerprint density at radius 2 is 2.19 bits per heavy atom. The summed E-state index contributed by atoms with van der Waals surface area (Å²) >= 11 is 7.54. The van der Waals surface area contributed by atoms with Crippen LogP contribution in [-0.2, 0) is 17.1 Å². The number of hydrogen-bond acceptors (Lipinski definition) is 5. The molecule has 0 N–H and O–H groups in total. The Hall–Kier alpha value is -1.53. The van der Waals surface area contributed by atoms with E-state index in [0.717, 1.165) is 23.6 Å². The first kappa shape index (κ1) is 14.4. The molecule has 1 aliphatic heterocycles. The van der Waals surface area contributed by atoms with E-state index in [9.17, 15) is 4.79 Å². The third kappa shape index (κ3) is 3.57. The molecule has 0 spiro atoms. The van der Waals surface area contributed by atoms with Crippen molar-refractivity contribution >= 4 is 29.3 Å². The molecule has 2 aromatic rings. The van der Waals surface area contributed by atoms with E-state index in [1.807, 2.05) is 24.3 Å². The number of carbonyl (C=O) groups is 1. The van der Waals surface area contributed by atoms with Gasteiger partial charge in [0, 0.05) is 23.7 Å². The summed E-state index contributed by atoms with van der Waals surface area (Å²) in [6.45, 7) is 1.17. The number of halogens is 1. The third-order valence-electron chi connectivity index (χ3n) is 3.25. The fourth-order valence-corrected chi connectivity index (χ4v) is 3.22. The molecular weight excluding hydrogens is 310 g/mol. The van der Waals surface area contributed by atoms with Crippen LogP contribution < -0.4 is 0 Å². The fourth-order valence-electron chi connectivity index (χ4n) is 2.15. The molecule has 110 valence electrons. The highest BCUT2D eigenvalue weighted by molar-refractivity contribution is 7.98. The van der Waals surface area contributed by atoms with Crippen LogP contribution in [0.4, 0.5) is 0 Å². The van der Waals surface area contributed by atoms with Crippen LogP contribution in [-0.4, -0.2) is 27.5 Å². The molecule has 0 bridgehead atoms. The van der Waals surface area contributed by atoms with Gasteiger partial charge in [0.25, 0.3) is 5.22 Å². The van der Waals surface area contributed by atoms with Gasteiger partial charge < -0.3 is 9.32 Å². The summed E-state index contributed by atoms with van der Waals surface area (Å²) in [6, 6.07) is 7.67. The number of benzene rings is 1. The van der Waals surface area contributed by atoms with Crippen molar-refractivity contribution in [2.75, 3.05) is 6.54 Å². The number of thioether (sulfide) groups is 1. The maximum absolute atomic E-state index is 11.5. The highest BCUT2D eigenvalue weighted by atomic mass is 35.5. The number of likely N-dealkylation sites (tertiary alicyclic amines) is 1. The van der Waals surface area contributed by atoms with Crippen molar-refractivity contribution < 1.29 is 9.21 Å². The second-order valence-corrected chi connectivity index (χ2v) is 6.09. The molecule has 1 amide bonds. The minimum absolute atomic E-state index is 0.151. The van der Waals surface area contributed by atoms with Crippen LogP contribution in [0.5, 0.6) is 0 Å². The highest BCUT2D eigenvalue weighted by Gasteiger charge is 2.22. The maximum Gasteiger partial charge on any atom is 0.276 e. The fraction of sp³-hybridized carbons (Fsp3) is 0.357. The number of aromatic nitrogens is 2. The first-order valence-electron chi connectivity index (χ1n) is 6.69. The van der Waals surface area contributed by atoms with Crippen molar-refractivity contribution in [2.24, 2.45) is 0 Å². The molecule has 0 unspecified atom stereocenters. The molecule has 0 saturated carbocycles. The second-order valence-electron chi connectivity index (χ2n) is 4.76. The monoisotopic (exact) mass is 323 g/mol. The highest BCUT2D eigenvalue weighted by Crippen LogP contribution is 2.26. The molecule has 1 fully saturated rings. The molecule has 0 aliphatic carbocycles. The van der Waals surface area contributed by atoms with E-state index in [1.165, 1.54) is 11.8 Å². The maximum atomic E-state index is 11.5. The molecule has 21 heavy (non-hydrogen) atoms. The number of rotatable bonds is 5. The summed E-state index contributed by atoms with van der Waals surface area (Å²) in [5, 5.41) is 9.20. The van der Waals surface area contributed by atoms with Gasteiger partial charge in [0.2, 0.25) is 11.8 Å². The lowest BCUT2D eigenvalue weighted by Gasteiger charge is -2.11. The number of amides is 1. The van der Waals surface area contributed by atoms with Crippen molar-refractivity contribution in [2.45, 2.75) is 30.4 Å². The third-order valence-corrected chi connectivity index (χ3v) is 4.49. The van der Waals surface area contributed by atoms with Crippen LogP contribution in [0.15, 0.2) is 33.9 Å². The minimum Gasteiger partial charge on any atom is -0.414 e. The zero-order valence-corrected chi connectivity index (χ0v) is 12.9. The Morgan fingerprint density at radius 1 is 1.33 bits per heavy atom. The van der Waals surface area contributed by atoms with Crippen molar-refractivity contribution in [1.29, 1.82) is 0 Å². The molecular formula is C14H14ClN3O2S. The lowest BCUT2D eigenvalue weighted by molar-refractivity contribution is -0.128. The summed E-state index contributed by atoms with van der Waals surface area (Å²) in [5.74, 6) is 1.30. The molecule has 3 rings (SSSR count). The van der Waals surface area contributed by atoms with E-state index in [4.69, 9.17) is 16.0 Å². The van der Waals surface area contributed by atoms with Gasteiger partial charge in [0.15, 0.2) is 0 Å². The Kier molecular flexibility index (Phi) is 4.45. The van der Waals surface area contributed by atoms with Gasteiger partial charge in [-0.1, -0.05) is 41.6 Å². The predicted octanol–water partition coefficient (Wildman–Crippen LogP) is 3.14. The van der Waals surface area contributed by atoms with Crippen LogP contribution in [0.2, 0.25) is 5.02 Å². The average molecular weight is 324 g/mol. The Morgan fingerprint density at radius 3 is 2.95 bits per heavy atom. The molecule has 7 heteroatoms. The van der Waals surface area contributed by atoms with Crippen molar-refractivity contribution in [1.82, 2.24) is 15.1 Å². The van der Waals surface area contributed by atoms with E-state index in [-0.39, 0.29) is 5.91 Å². The van der Waals surface area contributed by atoms with Crippen LogP contribution in [0.25, 0.3) is 0 Å². The zero-order valence-electron chi connectivity index (χ0n) is 11.3. The Labute approximate surface area is 131 Å². The van der Waals surface area contributed by atoms with Gasteiger partial charge >= 0.3 is 0 Å². The van der Waals surface area contributed by atoms with Gasteiger partial charge in [-0.3, -0.25) is 4.79 Å². The molecule has 0 atom stereocenters. The zero-order chi connectivity index (χ0) is 14.7. The van der Waals surface area contributed by atoms with Gasteiger partial charge in [-0.25, -0.2) is 0 Å². The molecule has 2 heterocycles. The van der Waals surface area contributed by atoms with E-state index < -0.39 is 0 Å². The van der Waals surface area contributed by atoms with E-state index >= 15 is 0 Å².